The van der Waals surface area contributed by atoms with Gasteiger partial charge in [0.25, 0.3) is 5.91 Å². The Kier molecular flexibility index (Phi) is 4.67. The van der Waals surface area contributed by atoms with Crippen molar-refractivity contribution < 1.29 is 4.79 Å². The lowest BCUT2D eigenvalue weighted by molar-refractivity contribution is 0.0778. The molecule has 1 amide bonds. The zero-order valence-corrected chi connectivity index (χ0v) is 17.5. The minimum Gasteiger partial charge on any atom is -0.341 e. The molecular formula is C21H24N6OS. The largest absolute Gasteiger partial charge is 0.341 e. The zero-order chi connectivity index (χ0) is 20.0. The minimum absolute atomic E-state index is 0.0218. The van der Waals surface area contributed by atoms with Crippen molar-refractivity contribution in [1.82, 2.24) is 24.8 Å². The van der Waals surface area contributed by atoms with E-state index in [0.717, 1.165) is 56.3 Å². The Morgan fingerprint density at radius 3 is 2.76 bits per heavy atom. The van der Waals surface area contributed by atoms with Crippen molar-refractivity contribution in [3.8, 4) is 0 Å². The fourth-order valence-corrected chi connectivity index (χ4v) is 4.82. The molecule has 2 aliphatic rings. The second-order valence-electron chi connectivity index (χ2n) is 7.79. The van der Waals surface area contributed by atoms with Gasteiger partial charge in [0.2, 0.25) is 5.95 Å². The van der Waals surface area contributed by atoms with Crippen molar-refractivity contribution in [3.05, 3.63) is 46.7 Å². The summed E-state index contributed by atoms with van der Waals surface area (Å²) < 4.78 is 1.24. The van der Waals surface area contributed by atoms with Gasteiger partial charge >= 0.3 is 0 Å². The first-order valence-corrected chi connectivity index (χ1v) is 10.9. The number of hydrogen-bond acceptors (Lipinski definition) is 7. The number of carbonyl (C=O) groups excluding carboxylic acids is 1. The molecule has 1 aromatic carbocycles. The molecule has 8 heteroatoms. The molecule has 3 aromatic rings. The maximum absolute atomic E-state index is 12.2. The highest BCUT2D eigenvalue weighted by Crippen LogP contribution is 2.27. The summed E-state index contributed by atoms with van der Waals surface area (Å²) in [6, 6.07) is 6.96. The summed E-state index contributed by atoms with van der Waals surface area (Å²) in [5, 5.41) is 0. The summed E-state index contributed by atoms with van der Waals surface area (Å²) in [4.78, 5) is 32.4. The number of benzene rings is 1. The fourth-order valence-electron chi connectivity index (χ4n) is 4.16. The molecule has 2 aliphatic heterocycles. The number of thiazole rings is 1. The number of piperazine rings is 1. The van der Waals surface area contributed by atoms with Gasteiger partial charge in [-0.2, -0.15) is 0 Å². The van der Waals surface area contributed by atoms with Gasteiger partial charge < -0.3 is 9.80 Å². The van der Waals surface area contributed by atoms with E-state index in [1.165, 1.54) is 10.3 Å². The molecule has 0 saturated carbocycles. The summed E-state index contributed by atoms with van der Waals surface area (Å²) >= 11 is 1.68. The molecule has 0 spiro atoms. The van der Waals surface area contributed by atoms with E-state index in [2.05, 4.69) is 44.9 Å². The van der Waals surface area contributed by atoms with Gasteiger partial charge in [-0.3, -0.25) is 9.69 Å². The molecule has 1 fully saturated rings. The third-order valence-electron chi connectivity index (χ3n) is 6.10. The van der Waals surface area contributed by atoms with E-state index in [4.69, 9.17) is 4.98 Å². The zero-order valence-electron chi connectivity index (χ0n) is 16.7. The molecule has 1 saturated heterocycles. The summed E-state index contributed by atoms with van der Waals surface area (Å²) in [6.45, 7) is 6.67. The molecule has 7 nitrogen and oxygen atoms in total. The fraction of sp³-hybridized carbons (Fsp3) is 0.429. The van der Waals surface area contributed by atoms with Crippen molar-refractivity contribution in [2.24, 2.45) is 0 Å². The highest BCUT2D eigenvalue weighted by Gasteiger charge is 2.27. The molecule has 0 aliphatic carbocycles. The van der Waals surface area contributed by atoms with Crippen LogP contribution in [0, 0.1) is 0 Å². The van der Waals surface area contributed by atoms with E-state index in [9.17, 15) is 4.79 Å². The first-order valence-electron chi connectivity index (χ1n) is 10.0. The average molecular weight is 409 g/mol. The lowest BCUT2D eigenvalue weighted by Crippen LogP contribution is -2.48. The second kappa shape index (κ2) is 7.35. The van der Waals surface area contributed by atoms with Crippen LogP contribution in [0.15, 0.2) is 29.9 Å². The standard InChI is InChI=1S/C21H24N6OS/c1-14(15-3-4-19-18(11-15)23-13-29-19)26-7-9-27(10-8-26)21-22-12-16-17(24-21)5-6-25(2)20(16)28/h3-4,11-14H,5-10H2,1-2H3. The number of carbonyl (C=O) groups is 1. The van der Waals surface area contributed by atoms with Gasteiger partial charge in [-0.1, -0.05) is 6.07 Å². The number of hydrogen-bond donors (Lipinski definition) is 0. The third kappa shape index (κ3) is 3.36. The van der Waals surface area contributed by atoms with Gasteiger partial charge in [0.1, 0.15) is 0 Å². The van der Waals surface area contributed by atoms with Crippen molar-refractivity contribution >= 4 is 33.4 Å². The number of nitrogens with zero attached hydrogens (tertiary/aromatic N) is 6. The van der Waals surface area contributed by atoms with Crippen LogP contribution < -0.4 is 4.90 Å². The molecule has 29 heavy (non-hydrogen) atoms. The van der Waals surface area contributed by atoms with Crippen LogP contribution in [0.2, 0.25) is 0 Å². The van der Waals surface area contributed by atoms with Crippen LogP contribution in [0.1, 0.15) is 34.6 Å². The SMILES string of the molecule is CC(c1ccc2scnc2c1)N1CCN(c2ncc3c(n2)CCN(C)C3=O)CC1. The van der Waals surface area contributed by atoms with Crippen LogP contribution in [0.25, 0.3) is 10.2 Å². The van der Waals surface area contributed by atoms with E-state index < -0.39 is 0 Å². The Morgan fingerprint density at radius 2 is 1.93 bits per heavy atom. The highest BCUT2D eigenvalue weighted by atomic mass is 32.1. The van der Waals surface area contributed by atoms with Crippen LogP contribution in [0.4, 0.5) is 5.95 Å². The Hall–Kier alpha value is -2.58. The van der Waals surface area contributed by atoms with E-state index in [1.54, 1.807) is 22.4 Å². The first-order chi connectivity index (χ1) is 14.1. The predicted molar refractivity (Wildman–Crippen MR) is 115 cm³/mol. The monoisotopic (exact) mass is 408 g/mol. The molecule has 0 bridgehead atoms. The highest BCUT2D eigenvalue weighted by molar-refractivity contribution is 7.16. The third-order valence-corrected chi connectivity index (χ3v) is 6.91. The Balaban J connectivity index is 1.27. The Morgan fingerprint density at radius 1 is 1.10 bits per heavy atom. The van der Waals surface area contributed by atoms with Gasteiger partial charge in [-0.05, 0) is 24.6 Å². The number of aromatic nitrogens is 3. The van der Waals surface area contributed by atoms with Crippen LogP contribution in [-0.2, 0) is 6.42 Å². The molecule has 4 heterocycles. The Bertz CT molecular complexity index is 1060. The second-order valence-corrected chi connectivity index (χ2v) is 8.67. The van der Waals surface area contributed by atoms with E-state index >= 15 is 0 Å². The lowest BCUT2D eigenvalue weighted by atomic mass is 10.1. The average Bonchev–Trinajstić information content (AvgIpc) is 3.24. The number of anilines is 1. The van der Waals surface area contributed by atoms with Crippen molar-refractivity contribution in [2.75, 3.05) is 44.7 Å². The quantitative estimate of drug-likeness (QED) is 0.664. The topological polar surface area (TPSA) is 65.5 Å². The van der Waals surface area contributed by atoms with Crippen LogP contribution in [0.5, 0.6) is 0 Å². The van der Waals surface area contributed by atoms with Gasteiger partial charge in [0, 0.05) is 58.4 Å². The van der Waals surface area contributed by atoms with Crippen LogP contribution in [-0.4, -0.2) is 70.4 Å². The smallest absolute Gasteiger partial charge is 0.257 e. The molecule has 1 atom stereocenters. The Labute approximate surface area is 174 Å². The maximum atomic E-state index is 12.2. The number of likely N-dealkylation sites (N-methyl/N-ethyl adjacent to an activating group) is 1. The summed E-state index contributed by atoms with van der Waals surface area (Å²) in [5.74, 6) is 0.769. The summed E-state index contributed by atoms with van der Waals surface area (Å²) in [7, 11) is 1.83. The van der Waals surface area contributed by atoms with E-state index in [0.29, 0.717) is 11.6 Å². The van der Waals surface area contributed by atoms with Gasteiger partial charge in [0.15, 0.2) is 0 Å². The van der Waals surface area contributed by atoms with Crippen molar-refractivity contribution in [2.45, 2.75) is 19.4 Å². The van der Waals surface area contributed by atoms with Gasteiger partial charge in [0.05, 0.1) is 27.0 Å². The molecule has 5 rings (SSSR count). The summed E-state index contributed by atoms with van der Waals surface area (Å²) in [6.07, 6.45) is 2.50. The summed E-state index contributed by atoms with van der Waals surface area (Å²) in [5.41, 5.74) is 5.82. The maximum Gasteiger partial charge on any atom is 0.257 e. The molecule has 0 N–H and O–H groups in total. The van der Waals surface area contributed by atoms with E-state index in [-0.39, 0.29) is 5.91 Å². The van der Waals surface area contributed by atoms with E-state index in [1.807, 2.05) is 12.6 Å². The van der Waals surface area contributed by atoms with Crippen molar-refractivity contribution in [3.63, 3.8) is 0 Å². The molecular weight excluding hydrogens is 384 g/mol. The first kappa shape index (κ1) is 18.4. The van der Waals surface area contributed by atoms with Crippen LogP contribution in [0.3, 0.4) is 0 Å². The molecule has 2 aromatic heterocycles. The van der Waals surface area contributed by atoms with Gasteiger partial charge in [-0.15, -0.1) is 11.3 Å². The van der Waals surface area contributed by atoms with Gasteiger partial charge in [-0.25, -0.2) is 15.0 Å². The molecule has 0 radical (unpaired) electrons. The number of rotatable bonds is 3. The lowest BCUT2D eigenvalue weighted by Gasteiger charge is -2.38. The van der Waals surface area contributed by atoms with Crippen molar-refractivity contribution in [1.29, 1.82) is 0 Å². The number of amides is 1. The molecule has 1 unspecified atom stereocenters. The normalized spacial score (nSPS) is 18.9. The molecule has 150 valence electrons. The number of fused-ring (bicyclic) bond motifs is 2. The minimum atomic E-state index is 0.0218. The predicted octanol–water partition coefficient (Wildman–Crippen LogP) is 2.60. The van der Waals surface area contributed by atoms with Crippen LogP contribution >= 0.6 is 11.3 Å².